The molecule has 1 aromatic heterocycles. The van der Waals surface area contributed by atoms with E-state index in [-0.39, 0.29) is 0 Å². The van der Waals surface area contributed by atoms with Crippen LogP contribution < -0.4 is 4.34 Å². The number of nitrogens with one attached hydrogen (secondary N) is 1. The second-order valence-corrected chi connectivity index (χ2v) is 2.73. The molecule has 1 N–H and O–H groups in total. The van der Waals surface area contributed by atoms with E-state index in [1.54, 1.807) is 6.20 Å². The van der Waals surface area contributed by atoms with E-state index in [9.17, 15) is 0 Å². The highest BCUT2D eigenvalue weighted by atomic mass is 79.9. The smallest absolute Gasteiger partial charge is 0.136 e. The number of alkyl halides is 1. The van der Waals surface area contributed by atoms with Crippen molar-refractivity contribution in [2.24, 2.45) is 0 Å². The van der Waals surface area contributed by atoms with Gasteiger partial charge in [0, 0.05) is 27.7 Å². The van der Waals surface area contributed by atoms with Crippen LogP contribution in [0.5, 0.6) is 0 Å². The highest BCUT2D eigenvalue weighted by Gasteiger charge is 1.91. The van der Waals surface area contributed by atoms with E-state index in [1.807, 2.05) is 12.1 Å². The van der Waals surface area contributed by atoms with Gasteiger partial charge in [-0.15, -0.1) is 0 Å². The third-order valence-corrected chi connectivity index (χ3v) is 2.13. The second kappa shape index (κ2) is 3.93. The second-order valence-electron chi connectivity index (χ2n) is 1.78. The van der Waals surface area contributed by atoms with Crippen LogP contribution in [0, 0.1) is 0 Å². The van der Waals surface area contributed by atoms with Gasteiger partial charge in [-0.2, -0.15) is 0 Å². The Labute approximate surface area is 76.5 Å². The SMILES string of the molecule is BrCc1ccnc(NBr)c1. The number of halogens is 2. The van der Waals surface area contributed by atoms with Crippen LogP contribution in [0.4, 0.5) is 5.82 Å². The molecule has 0 saturated carbocycles. The Morgan fingerprint density at radius 2 is 2.40 bits per heavy atom. The minimum atomic E-state index is 0.831. The molecule has 1 heterocycles. The molecule has 0 spiro atoms. The highest BCUT2D eigenvalue weighted by molar-refractivity contribution is 9.10. The van der Waals surface area contributed by atoms with E-state index < -0.39 is 0 Å². The summed E-state index contributed by atoms with van der Waals surface area (Å²) in [5.41, 5.74) is 1.21. The molecule has 0 amide bonds. The Morgan fingerprint density at radius 3 is 3.00 bits per heavy atom. The molecule has 0 atom stereocenters. The molecule has 1 rings (SSSR count). The fourth-order valence-electron chi connectivity index (χ4n) is 0.609. The standard InChI is InChI=1S/C6H6Br2N2/c7-4-5-1-2-9-6(3-5)10-8/h1-3H,4H2,(H,9,10). The zero-order valence-corrected chi connectivity index (χ0v) is 8.31. The quantitative estimate of drug-likeness (QED) is 0.657. The predicted octanol–water partition coefficient (Wildman–Crippen LogP) is 2.70. The molecule has 0 aliphatic heterocycles. The minimum absolute atomic E-state index is 0.831. The summed E-state index contributed by atoms with van der Waals surface area (Å²) < 4.78 is 2.78. The number of rotatable bonds is 2. The third kappa shape index (κ3) is 1.95. The average molecular weight is 266 g/mol. The highest BCUT2D eigenvalue weighted by Crippen LogP contribution is 2.10. The maximum atomic E-state index is 4.03. The number of hydrogen-bond donors (Lipinski definition) is 1. The normalized spacial score (nSPS) is 9.40. The van der Waals surface area contributed by atoms with Crippen molar-refractivity contribution >= 4 is 37.9 Å². The molecule has 0 unspecified atom stereocenters. The Balaban J connectivity index is 2.87. The zero-order chi connectivity index (χ0) is 7.40. The Kier molecular flexibility index (Phi) is 3.15. The van der Waals surface area contributed by atoms with E-state index in [1.165, 1.54) is 5.56 Å². The molecule has 0 aliphatic carbocycles. The molecule has 1 aromatic rings. The fourth-order valence-corrected chi connectivity index (χ4v) is 1.17. The molecular weight excluding hydrogens is 260 g/mol. The lowest BCUT2D eigenvalue weighted by Crippen LogP contribution is -1.85. The van der Waals surface area contributed by atoms with Gasteiger partial charge in [-0.3, -0.25) is 0 Å². The van der Waals surface area contributed by atoms with E-state index in [0.29, 0.717) is 0 Å². The van der Waals surface area contributed by atoms with Gasteiger partial charge in [0.1, 0.15) is 5.82 Å². The zero-order valence-electron chi connectivity index (χ0n) is 5.14. The summed E-state index contributed by atoms with van der Waals surface area (Å²) in [6.07, 6.45) is 1.76. The first-order valence-electron chi connectivity index (χ1n) is 2.74. The van der Waals surface area contributed by atoms with Crippen LogP contribution in [0.25, 0.3) is 0 Å². The number of aromatic nitrogens is 1. The average Bonchev–Trinajstić information content (AvgIpc) is 2.05. The lowest BCUT2D eigenvalue weighted by atomic mass is 10.3. The van der Waals surface area contributed by atoms with Crippen LogP contribution in [0.15, 0.2) is 18.3 Å². The molecule has 0 aliphatic rings. The minimum Gasteiger partial charge on any atom is -0.307 e. The van der Waals surface area contributed by atoms with Crippen LogP contribution in [0.2, 0.25) is 0 Å². The van der Waals surface area contributed by atoms with Gasteiger partial charge >= 0.3 is 0 Å². The number of pyridine rings is 1. The number of anilines is 1. The monoisotopic (exact) mass is 264 g/mol. The molecule has 2 nitrogen and oxygen atoms in total. The molecule has 4 heteroatoms. The Bertz CT molecular complexity index is 195. The summed E-state index contributed by atoms with van der Waals surface area (Å²) in [4.78, 5) is 4.03. The van der Waals surface area contributed by atoms with Gasteiger partial charge in [-0.25, -0.2) is 4.98 Å². The lowest BCUT2D eigenvalue weighted by Gasteiger charge is -1.97. The first-order valence-corrected chi connectivity index (χ1v) is 4.66. The summed E-state index contributed by atoms with van der Waals surface area (Å²) in [5.74, 6) is 0.831. The Morgan fingerprint density at radius 1 is 1.60 bits per heavy atom. The van der Waals surface area contributed by atoms with Gasteiger partial charge in [0.15, 0.2) is 0 Å². The van der Waals surface area contributed by atoms with Gasteiger partial charge in [0.2, 0.25) is 0 Å². The summed E-state index contributed by atoms with van der Waals surface area (Å²) >= 11 is 6.44. The molecule has 54 valence electrons. The van der Waals surface area contributed by atoms with E-state index in [2.05, 4.69) is 41.4 Å². The van der Waals surface area contributed by atoms with Gasteiger partial charge in [0.25, 0.3) is 0 Å². The van der Waals surface area contributed by atoms with E-state index >= 15 is 0 Å². The van der Waals surface area contributed by atoms with Crippen molar-refractivity contribution < 1.29 is 0 Å². The van der Waals surface area contributed by atoms with E-state index in [4.69, 9.17) is 0 Å². The predicted molar refractivity (Wildman–Crippen MR) is 49.4 cm³/mol. The van der Waals surface area contributed by atoms with Crippen molar-refractivity contribution in [2.75, 3.05) is 4.34 Å². The maximum Gasteiger partial charge on any atom is 0.136 e. The number of nitrogens with zero attached hydrogens (tertiary/aromatic N) is 1. The summed E-state index contributed by atoms with van der Waals surface area (Å²) in [6, 6.07) is 3.92. The molecule has 0 aromatic carbocycles. The van der Waals surface area contributed by atoms with Crippen molar-refractivity contribution in [1.82, 2.24) is 4.98 Å². The van der Waals surface area contributed by atoms with Crippen LogP contribution >= 0.6 is 32.1 Å². The molecule has 0 radical (unpaired) electrons. The molecule has 0 saturated heterocycles. The van der Waals surface area contributed by atoms with Crippen LogP contribution in [-0.2, 0) is 5.33 Å². The van der Waals surface area contributed by atoms with Crippen LogP contribution in [0.1, 0.15) is 5.56 Å². The van der Waals surface area contributed by atoms with E-state index in [0.717, 1.165) is 11.1 Å². The van der Waals surface area contributed by atoms with Crippen LogP contribution in [-0.4, -0.2) is 4.98 Å². The summed E-state index contributed by atoms with van der Waals surface area (Å²) in [7, 11) is 0. The summed E-state index contributed by atoms with van der Waals surface area (Å²) in [6.45, 7) is 0. The first-order chi connectivity index (χ1) is 4.86. The fraction of sp³-hybridized carbons (Fsp3) is 0.167. The topological polar surface area (TPSA) is 24.9 Å². The molecule has 10 heavy (non-hydrogen) atoms. The Hall–Kier alpha value is -0.0900. The van der Waals surface area contributed by atoms with Crippen molar-refractivity contribution in [3.05, 3.63) is 23.9 Å². The summed E-state index contributed by atoms with van der Waals surface area (Å²) in [5, 5.41) is 0.858. The first kappa shape index (κ1) is 8.01. The van der Waals surface area contributed by atoms with Crippen LogP contribution in [0.3, 0.4) is 0 Å². The largest absolute Gasteiger partial charge is 0.307 e. The molecule has 0 fully saturated rings. The third-order valence-electron chi connectivity index (χ3n) is 1.08. The lowest BCUT2D eigenvalue weighted by molar-refractivity contribution is 1.29. The van der Waals surface area contributed by atoms with Gasteiger partial charge in [-0.1, -0.05) is 15.9 Å². The molecule has 0 bridgehead atoms. The van der Waals surface area contributed by atoms with Gasteiger partial charge in [-0.05, 0) is 17.7 Å². The maximum absolute atomic E-state index is 4.03. The van der Waals surface area contributed by atoms with Gasteiger partial charge in [0.05, 0.1) is 0 Å². The van der Waals surface area contributed by atoms with Gasteiger partial charge < -0.3 is 4.34 Å². The van der Waals surface area contributed by atoms with Crippen molar-refractivity contribution in [1.29, 1.82) is 0 Å². The van der Waals surface area contributed by atoms with Crippen molar-refractivity contribution in [3.8, 4) is 0 Å². The van der Waals surface area contributed by atoms with Crippen molar-refractivity contribution in [2.45, 2.75) is 5.33 Å². The number of hydrogen-bond acceptors (Lipinski definition) is 2. The molecular formula is C6H6Br2N2. The van der Waals surface area contributed by atoms with Crippen molar-refractivity contribution in [3.63, 3.8) is 0 Å².